The Bertz CT molecular complexity index is 815. The van der Waals surface area contributed by atoms with Gasteiger partial charge in [-0.15, -0.1) is 0 Å². The summed E-state index contributed by atoms with van der Waals surface area (Å²) in [6.07, 6.45) is -0.916. The topological polar surface area (TPSA) is 83.9 Å². The zero-order valence-corrected chi connectivity index (χ0v) is 12.9. The lowest BCUT2D eigenvalue weighted by Gasteiger charge is -2.33. The van der Waals surface area contributed by atoms with E-state index >= 15 is 0 Å². The smallest absolute Gasteiger partial charge is 0.323 e. The molecular formula is C18H15NO5. The molecular weight excluding hydrogens is 310 g/mol. The molecule has 0 aliphatic carbocycles. The van der Waals surface area contributed by atoms with Gasteiger partial charge in [0.2, 0.25) is 6.10 Å². The monoisotopic (exact) mass is 325 g/mol. The number of Topliss-reactive ketones (excluding diaryl/α,β-unsaturated/α-hetero) is 1. The molecule has 6 nitrogen and oxygen atoms in total. The summed E-state index contributed by atoms with van der Waals surface area (Å²) in [4.78, 5) is 36.7. The molecule has 0 radical (unpaired) electrons. The highest BCUT2D eigenvalue weighted by molar-refractivity contribution is 6.05. The van der Waals surface area contributed by atoms with Gasteiger partial charge in [-0.2, -0.15) is 0 Å². The molecule has 0 saturated heterocycles. The molecule has 1 heterocycles. The third-order valence-corrected chi connectivity index (χ3v) is 3.79. The van der Waals surface area contributed by atoms with Crippen molar-refractivity contribution >= 4 is 23.3 Å². The van der Waals surface area contributed by atoms with Crippen LogP contribution in [0.3, 0.4) is 0 Å². The number of benzene rings is 2. The summed E-state index contributed by atoms with van der Waals surface area (Å²) in [6.45, 7) is 0.904. The molecule has 1 amide bonds. The van der Waals surface area contributed by atoms with Crippen molar-refractivity contribution in [1.29, 1.82) is 0 Å². The zero-order chi connectivity index (χ0) is 17.3. The van der Waals surface area contributed by atoms with E-state index in [9.17, 15) is 14.4 Å². The predicted octanol–water partition coefficient (Wildman–Crippen LogP) is 2.44. The molecule has 1 unspecified atom stereocenters. The summed E-state index contributed by atoms with van der Waals surface area (Å²) in [5.41, 5.74) is 1.32. The van der Waals surface area contributed by atoms with Crippen molar-refractivity contribution < 1.29 is 24.2 Å². The second kappa shape index (κ2) is 6.16. The fourth-order valence-corrected chi connectivity index (χ4v) is 2.62. The third kappa shape index (κ3) is 2.86. The van der Waals surface area contributed by atoms with Gasteiger partial charge in [-0.25, -0.2) is 0 Å². The summed E-state index contributed by atoms with van der Waals surface area (Å²) in [7, 11) is 0. The van der Waals surface area contributed by atoms with Gasteiger partial charge in [0.15, 0.2) is 5.78 Å². The maximum absolute atomic E-state index is 12.8. The molecule has 1 N–H and O–H groups in total. The number of aliphatic carboxylic acids is 1. The van der Waals surface area contributed by atoms with E-state index in [1.807, 2.05) is 6.07 Å². The second-order valence-corrected chi connectivity index (χ2v) is 5.47. The standard InChI is InChI=1S/C18H15NO5/c1-11(20)13-7-8-15-14(9-13)19(10-16(21)22)18(23)17(24-15)12-5-3-2-4-6-12/h2-9,17H,10H2,1H3,(H,21,22). The van der Waals surface area contributed by atoms with Crippen molar-refractivity contribution in [1.82, 2.24) is 0 Å². The van der Waals surface area contributed by atoms with Gasteiger partial charge in [0, 0.05) is 11.1 Å². The number of fused-ring (bicyclic) bond motifs is 1. The number of carbonyl (C=O) groups excluding carboxylic acids is 2. The van der Waals surface area contributed by atoms with E-state index in [1.165, 1.54) is 13.0 Å². The molecule has 3 rings (SSSR count). The normalized spacial score (nSPS) is 16.3. The quantitative estimate of drug-likeness (QED) is 0.873. The first kappa shape index (κ1) is 15.7. The first-order chi connectivity index (χ1) is 11.5. The van der Waals surface area contributed by atoms with Crippen LogP contribution in [0.1, 0.15) is 28.9 Å². The summed E-state index contributed by atoms with van der Waals surface area (Å²) >= 11 is 0. The number of hydrogen-bond donors (Lipinski definition) is 1. The Morgan fingerprint density at radius 3 is 2.50 bits per heavy atom. The molecule has 24 heavy (non-hydrogen) atoms. The summed E-state index contributed by atoms with van der Waals surface area (Å²) in [6, 6.07) is 13.5. The third-order valence-electron chi connectivity index (χ3n) is 3.79. The maximum atomic E-state index is 12.8. The van der Waals surface area contributed by atoms with Crippen LogP contribution in [0.5, 0.6) is 5.75 Å². The molecule has 2 aromatic rings. The Balaban J connectivity index is 2.08. The minimum atomic E-state index is -1.14. The van der Waals surface area contributed by atoms with E-state index < -0.39 is 24.5 Å². The van der Waals surface area contributed by atoms with Crippen molar-refractivity contribution in [2.75, 3.05) is 11.4 Å². The molecule has 1 aliphatic rings. The Hall–Kier alpha value is -3.15. The molecule has 1 atom stereocenters. The molecule has 0 fully saturated rings. The lowest BCUT2D eigenvalue weighted by molar-refractivity contribution is -0.138. The van der Waals surface area contributed by atoms with E-state index in [-0.39, 0.29) is 5.78 Å². The van der Waals surface area contributed by atoms with E-state index in [0.717, 1.165) is 4.90 Å². The van der Waals surface area contributed by atoms with Crippen molar-refractivity contribution in [2.24, 2.45) is 0 Å². The molecule has 2 aromatic carbocycles. The van der Waals surface area contributed by atoms with Crippen molar-refractivity contribution in [2.45, 2.75) is 13.0 Å². The Morgan fingerprint density at radius 1 is 1.17 bits per heavy atom. The van der Waals surface area contributed by atoms with E-state index in [2.05, 4.69) is 0 Å². The van der Waals surface area contributed by atoms with Crippen LogP contribution in [-0.4, -0.2) is 29.3 Å². The number of anilines is 1. The average molecular weight is 325 g/mol. The van der Waals surface area contributed by atoms with Gasteiger partial charge >= 0.3 is 5.97 Å². The minimum Gasteiger partial charge on any atom is -0.480 e. The Kier molecular flexibility index (Phi) is 4.04. The van der Waals surface area contributed by atoms with Crippen molar-refractivity contribution in [3.05, 3.63) is 59.7 Å². The lowest BCUT2D eigenvalue weighted by atomic mass is 10.0. The molecule has 122 valence electrons. The fraction of sp³-hybridized carbons (Fsp3) is 0.167. The highest BCUT2D eigenvalue weighted by Gasteiger charge is 2.36. The van der Waals surface area contributed by atoms with Crippen LogP contribution >= 0.6 is 0 Å². The van der Waals surface area contributed by atoms with Gasteiger partial charge in [-0.1, -0.05) is 30.3 Å². The Morgan fingerprint density at radius 2 is 1.88 bits per heavy atom. The van der Waals surface area contributed by atoms with E-state index in [1.54, 1.807) is 36.4 Å². The van der Waals surface area contributed by atoms with Gasteiger partial charge < -0.3 is 9.84 Å². The van der Waals surface area contributed by atoms with Gasteiger partial charge in [0.1, 0.15) is 12.3 Å². The van der Waals surface area contributed by atoms with Crippen LogP contribution in [0.4, 0.5) is 5.69 Å². The number of rotatable bonds is 4. The van der Waals surface area contributed by atoms with Gasteiger partial charge in [0.05, 0.1) is 5.69 Å². The largest absolute Gasteiger partial charge is 0.480 e. The molecule has 1 aliphatic heterocycles. The van der Waals surface area contributed by atoms with E-state index in [0.29, 0.717) is 22.6 Å². The summed E-state index contributed by atoms with van der Waals surface area (Å²) in [5, 5.41) is 9.14. The number of ether oxygens (including phenoxy) is 1. The lowest BCUT2D eigenvalue weighted by Crippen LogP contribution is -2.43. The number of amides is 1. The number of ketones is 1. The predicted molar refractivity (Wildman–Crippen MR) is 86.2 cm³/mol. The van der Waals surface area contributed by atoms with Crippen LogP contribution in [0, 0.1) is 0 Å². The number of carbonyl (C=O) groups is 3. The van der Waals surface area contributed by atoms with Crippen LogP contribution in [-0.2, 0) is 9.59 Å². The minimum absolute atomic E-state index is 0.175. The van der Waals surface area contributed by atoms with Crippen molar-refractivity contribution in [3.63, 3.8) is 0 Å². The molecule has 0 spiro atoms. The highest BCUT2D eigenvalue weighted by atomic mass is 16.5. The summed E-state index contributed by atoms with van der Waals surface area (Å²) in [5.74, 6) is -1.42. The maximum Gasteiger partial charge on any atom is 0.323 e. The SMILES string of the molecule is CC(=O)c1ccc2c(c1)N(CC(=O)O)C(=O)C(c1ccccc1)O2. The number of carboxylic acid groups (broad SMARTS) is 1. The van der Waals surface area contributed by atoms with E-state index in [4.69, 9.17) is 9.84 Å². The van der Waals surface area contributed by atoms with Crippen molar-refractivity contribution in [3.8, 4) is 5.75 Å². The van der Waals surface area contributed by atoms with Crippen LogP contribution in [0.25, 0.3) is 0 Å². The molecule has 0 aromatic heterocycles. The van der Waals surface area contributed by atoms with Gasteiger partial charge in [-0.05, 0) is 25.1 Å². The number of carboxylic acids is 1. The molecule has 0 saturated carbocycles. The highest BCUT2D eigenvalue weighted by Crippen LogP contribution is 2.39. The van der Waals surface area contributed by atoms with Crippen LogP contribution in [0.15, 0.2) is 48.5 Å². The molecule has 6 heteroatoms. The first-order valence-corrected chi connectivity index (χ1v) is 7.37. The van der Waals surface area contributed by atoms with Crippen LogP contribution in [0.2, 0.25) is 0 Å². The van der Waals surface area contributed by atoms with Crippen LogP contribution < -0.4 is 9.64 Å². The zero-order valence-electron chi connectivity index (χ0n) is 12.9. The van der Waals surface area contributed by atoms with Gasteiger partial charge in [-0.3, -0.25) is 19.3 Å². The summed E-state index contributed by atoms with van der Waals surface area (Å²) < 4.78 is 5.78. The second-order valence-electron chi connectivity index (χ2n) is 5.47. The number of nitrogens with zero attached hydrogens (tertiary/aromatic N) is 1. The Labute approximate surface area is 138 Å². The average Bonchev–Trinajstić information content (AvgIpc) is 2.57. The fourth-order valence-electron chi connectivity index (χ4n) is 2.62. The number of hydrogen-bond acceptors (Lipinski definition) is 4. The first-order valence-electron chi connectivity index (χ1n) is 7.37. The van der Waals surface area contributed by atoms with Gasteiger partial charge in [0.25, 0.3) is 5.91 Å². The molecule has 0 bridgehead atoms.